The van der Waals surface area contributed by atoms with E-state index in [1.54, 1.807) is 0 Å². The molecule has 9 heteroatoms. The molecule has 2 heterocycles. The number of H-pyrrole nitrogens is 1. The molecule has 3 aromatic rings. The Morgan fingerprint density at radius 2 is 1.86 bits per heavy atom. The second kappa shape index (κ2) is 7.29. The zero-order valence-corrected chi connectivity index (χ0v) is 11.8. The van der Waals surface area contributed by atoms with Gasteiger partial charge < -0.3 is 4.55 Å². The van der Waals surface area contributed by atoms with Gasteiger partial charge in [-0.05, 0) is 12.1 Å². The zero-order chi connectivity index (χ0) is 15.9. The van der Waals surface area contributed by atoms with E-state index in [1.165, 1.54) is 5.39 Å². The first-order chi connectivity index (χ1) is 10.6. The second-order valence-electron chi connectivity index (χ2n) is 3.90. The van der Waals surface area contributed by atoms with Crippen molar-refractivity contribution in [2.24, 2.45) is 0 Å². The predicted molar refractivity (Wildman–Crippen MR) is 76.4 cm³/mol. The summed E-state index contributed by atoms with van der Waals surface area (Å²) in [6, 6.07) is 12.1. The van der Waals surface area contributed by atoms with Gasteiger partial charge in [-0.2, -0.15) is 15.4 Å². The summed E-state index contributed by atoms with van der Waals surface area (Å²) < 4.78 is 20.0. The molecule has 0 saturated carbocycles. The summed E-state index contributed by atoms with van der Waals surface area (Å²) in [5.74, 6) is -1.20. The van der Waals surface area contributed by atoms with Crippen LogP contribution in [-0.4, -0.2) is 40.1 Å². The Balaban J connectivity index is 0.000000162. The number of hydrogen-bond acceptors (Lipinski definition) is 7. The molecule has 0 bridgehead atoms. The van der Waals surface area contributed by atoms with Crippen molar-refractivity contribution in [3.63, 3.8) is 0 Å². The minimum Gasteiger partial charge on any atom is -0.766 e. The molecule has 22 heavy (non-hydrogen) atoms. The molecule has 0 saturated heterocycles. The van der Waals surface area contributed by atoms with Crippen LogP contribution in [0.2, 0.25) is 0 Å². The third-order valence-corrected chi connectivity index (χ3v) is 2.98. The minimum absolute atomic E-state index is 0.316. The van der Waals surface area contributed by atoms with E-state index in [1.807, 2.05) is 35.7 Å². The molecule has 0 fully saturated rings. The van der Waals surface area contributed by atoms with Crippen LogP contribution in [0.4, 0.5) is 0 Å². The maximum Gasteiger partial charge on any atom is 0.278 e. The number of aromatic amines is 1. The number of para-hydroxylation sites is 1. The molecule has 8 nitrogen and oxygen atoms in total. The number of fused-ring (bicyclic) bond motifs is 1. The highest BCUT2D eigenvalue weighted by Crippen LogP contribution is 2.07. The van der Waals surface area contributed by atoms with Gasteiger partial charge in [0.1, 0.15) is 0 Å². The van der Waals surface area contributed by atoms with Crippen LogP contribution in [0.15, 0.2) is 48.8 Å². The molecule has 0 aliphatic heterocycles. The lowest BCUT2D eigenvalue weighted by Gasteiger charge is -1.98. The average molecular weight is 317 g/mol. The molecule has 1 N–H and O–H groups in total. The zero-order valence-electron chi connectivity index (χ0n) is 11.0. The van der Waals surface area contributed by atoms with E-state index in [0.717, 1.165) is 11.7 Å². The molecule has 3 rings (SSSR count). The van der Waals surface area contributed by atoms with Crippen LogP contribution in [0.5, 0.6) is 0 Å². The topological polar surface area (TPSA) is 129 Å². The van der Waals surface area contributed by atoms with Gasteiger partial charge in [0.2, 0.25) is 0 Å². The smallest absolute Gasteiger partial charge is 0.278 e. The molecular formula is C13H9N4O4S-. The molecule has 0 aliphatic carbocycles. The van der Waals surface area contributed by atoms with Crippen molar-refractivity contribution in [1.82, 2.24) is 20.4 Å². The highest BCUT2D eigenvalue weighted by Gasteiger charge is 2.18. The van der Waals surface area contributed by atoms with Crippen LogP contribution < -0.4 is 0 Å². The van der Waals surface area contributed by atoms with E-state index in [0.29, 0.717) is 0 Å². The molecule has 0 radical (unpaired) electrons. The minimum atomic E-state index is -3.05. The lowest BCUT2D eigenvalue weighted by molar-refractivity contribution is -0.108. The average Bonchev–Trinajstić information content (AvgIpc) is 3.08. The highest BCUT2D eigenvalue weighted by atomic mass is 32.2. The maximum absolute atomic E-state index is 10.8. The van der Waals surface area contributed by atoms with E-state index >= 15 is 0 Å². The lowest BCUT2D eigenvalue weighted by Crippen LogP contribution is -2.19. The van der Waals surface area contributed by atoms with E-state index < -0.39 is 22.0 Å². The summed E-state index contributed by atoms with van der Waals surface area (Å²) in [6.07, 6.45) is 2.77. The van der Waals surface area contributed by atoms with Gasteiger partial charge in [-0.1, -0.05) is 24.3 Å². The largest absolute Gasteiger partial charge is 0.766 e. The van der Waals surface area contributed by atoms with E-state index in [4.69, 9.17) is 0 Å². The van der Waals surface area contributed by atoms with Crippen molar-refractivity contribution >= 4 is 32.9 Å². The fourth-order valence-corrected chi connectivity index (χ4v) is 1.76. The molecular weight excluding hydrogens is 308 g/mol. The first kappa shape index (κ1) is 15.6. The van der Waals surface area contributed by atoms with Crippen molar-refractivity contribution in [3.8, 4) is 0 Å². The summed E-state index contributed by atoms with van der Waals surface area (Å²) in [7, 11) is 0. The van der Waals surface area contributed by atoms with Crippen LogP contribution in [0.1, 0.15) is 10.5 Å². The molecule has 2 aromatic heterocycles. The summed E-state index contributed by atoms with van der Waals surface area (Å²) >= 11 is -3.05. The number of carbonyl (C=O) groups is 2. The Hall–Kier alpha value is -2.78. The third-order valence-electron chi connectivity index (χ3n) is 2.50. The number of hydrogen-bond donors (Lipinski definition) is 1. The van der Waals surface area contributed by atoms with Crippen LogP contribution in [0.25, 0.3) is 10.9 Å². The van der Waals surface area contributed by atoms with Gasteiger partial charge in [-0.3, -0.25) is 18.8 Å². The Morgan fingerprint density at radius 1 is 1.14 bits per heavy atom. The fraction of sp³-hybridized carbons (Fsp3) is 0. The van der Waals surface area contributed by atoms with Crippen LogP contribution in [0.3, 0.4) is 0 Å². The third kappa shape index (κ3) is 3.87. The standard InChI is InChI=1S/C9H7N.C4H3N3O4S/c1-2-6-9-8(4-1)5-3-7-10-9;8-3(4(9)12(10)11)2-1-5-7-6-2/h1-7H;1H,(H,10,11)(H,5,6,7)/p-1. The highest BCUT2D eigenvalue weighted by molar-refractivity contribution is 7.97. The first-order valence-corrected chi connectivity index (χ1v) is 7.00. The van der Waals surface area contributed by atoms with E-state index in [9.17, 15) is 18.4 Å². The predicted octanol–water partition coefficient (Wildman–Crippen LogP) is 0.628. The molecule has 1 aromatic carbocycles. The van der Waals surface area contributed by atoms with Gasteiger partial charge in [-0.15, -0.1) is 0 Å². The number of carbonyl (C=O) groups excluding carboxylic acids is 2. The summed E-state index contributed by atoms with van der Waals surface area (Å²) in [5, 5.41) is 8.22. The van der Waals surface area contributed by atoms with Crippen LogP contribution in [0, 0.1) is 0 Å². The molecule has 1 atom stereocenters. The molecule has 0 spiro atoms. The van der Waals surface area contributed by atoms with Crippen molar-refractivity contribution in [2.45, 2.75) is 0 Å². The van der Waals surface area contributed by atoms with Gasteiger partial charge in [-0.25, -0.2) is 0 Å². The monoisotopic (exact) mass is 317 g/mol. The van der Waals surface area contributed by atoms with Gasteiger partial charge in [0, 0.05) is 22.7 Å². The maximum atomic E-state index is 10.8. The number of Topliss-reactive ketones (excluding diaryl/α,β-unsaturated/α-hetero) is 1. The Morgan fingerprint density at radius 3 is 2.50 bits per heavy atom. The first-order valence-electron chi connectivity index (χ1n) is 5.93. The lowest BCUT2D eigenvalue weighted by atomic mass is 10.2. The number of ketones is 1. The Bertz CT molecular complexity index is 754. The summed E-state index contributed by atoms with van der Waals surface area (Å²) in [4.78, 5) is 25.5. The van der Waals surface area contributed by atoms with Gasteiger partial charge >= 0.3 is 0 Å². The van der Waals surface area contributed by atoms with E-state index in [-0.39, 0.29) is 5.69 Å². The number of pyridine rings is 1. The summed E-state index contributed by atoms with van der Waals surface area (Å²) in [5.41, 5.74) is 0.745. The SMILES string of the molecule is O=C(C(=O)S(=O)[O-])c1cn[nH]n1.c1ccc2ncccc2c1. The molecule has 0 aliphatic rings. The summed E-state index contributed by atoms with van der Waals surface area (Å²) in [6.45, 7) is 0. The second-order valence-corrected chi connectivity index (χ2v) is 4.74. The number of nitrogens with one attached hydrogen (secondary N) is 1. The fourth-order valence-electron chi connectivity index (χ4n) is 1.51. The molecule has 0 amide bonds. The molecule has 112 valence electrons. The van der Waals surface area contributed by atoms with Gasteiger partial charge in [0.25, 0.3) is 10.9 Å². The number of nitrogens with zero attached hydrogens (tertiary/aromatic N) is 3. The number of benzene rings is 1. The quantitative estimate of drug-likeness (QED) is 0.417. The van der Waals surface area contributed by atoms with Gasteiger partial charge in [0.05, 0.1) is 11.7 Å². The van der Waals surface area contributed by atoms with Crippen molar-refractivity contribution in [3.05, 3.63) is 54.5 Å². The normalized spacial score (nSPS) is 11.3. The van der Waals surface area contributed by atoms with Crippen molar-refractivity contribution in [2.75, 3.05) is 0 Å². The Kier molecular flexibility index (Phi) is 5.17. The van der Waals surface area contributed by atoms with Crippen LogP contribution in [-0.2, 0) is 15.9 Å². The molecule has 1 unspecified atom stereocenters. The van der Waals surface area contributed by atoms with E-state index in [2.05, 4.69) is 27.3 Å². The Labute approximate surface area is 126 Å². The van der Waals surface area contributed by atoms with Crippen LogP contribution >= 0.6 is 0 Å². The number of aromatic nitrogens is 4. The van der Waals surface area contributed by atoms with Crippen molar-refractivity contribution in [1.29, 1.82) is 0 Å². The van der Waals surface area contributed by atoms with Gasteiger partial charge in [0.15, 0.2) is 5.69 Å². The van der Waals surface area contributed by atoms with Crippen molar-refractivity contribution < 1.29 is 18.4 Å². The number of rotatable bonds is 2.